The highest BCUT2D eigenvalue weighted by Crippen LogP contribution is 2.30. The lowest BCUT2D eigenvalue weighted by molar-refractivity contribution is 0.129. The molecule has 1 aromatic carbocycles. The van der Waals surface area contributed by atoms with E-state index in [-0.39, 0.29) is 0 Å². The van der Waals surface area contributed by atoms with E-state index in [0.29, 0.717) is 12.0 Å². The predicted octanol–water partition coefficient (Wildman–Crippen LogP) is 3.46. The summed E-state index contributed by atoms with van der Waals surface area (Å²) in [4.78, 5) is 0. The molecule has 2 aliphatic carbocycles. The topological polar surface area (TPSA) is 35.2 Å². The minimum atomic E-state index is 0.326. The Morgan fingerprint density at radius 3 is 2.74 bits per heavy atom. The molecular weight excluding hydrogens is 234 g/mol. The van der Waals surface area contributed by atoms with Gasteiger partial charge in [-0.25, -0.2) is 0 Å². The minimum absolute atomic E-state index is 0.326. The van der Waals surface area contributed by atoms with Crippen molar-refractivity contribution in [3.8, 4) is 5.75 Å². The second-order valence-corrected chi connectivity index (χ2v) is 6.07. The van der Waals surface area contributed by atoms with Crippen molar-refractivity contribution in [1.29, 1.82) is 0 Å². The molecule has 0 spiro atoms. The molecular formula is C17H25NO. The Kier molecular flexibility index (Phi) is 4.07. The summed E-state index contributed by atoms with van der Waals surface area (Å²) >= 11 is 0. The molecule has 2 unspecified atom stereocenters. The van der Waals surface area contributed by atoms with Crippen molar-refractivity contribution >= 4 is 0 Å². The standard InChI is InChI=1S/C17H25NO/c18-12-15-5-2-1-3-8-17(15)19-16-10-9-13-6-4-7-14(13)11-16/h9-11,15,17H,1-8,12,18H2. The third-order valence-corrected chi connectivity index (χ3v) is 4.75. The summed E-state index contributed by atoms with van der Waals surface area (Å²) in [5.74, 6) is 1.60. The number of ether oxygens (including phenoxy) is 1. The van der Waals surface area contributed by atoms with Gasteiger partial charge in [0.05, 0.1) is 0 Å². The molecule has 1 fully saturated rings. The van der Waals surface area contributed by atoms with E-state index in [9.17, 15) is 0 Å². The van der Waals surface area contributed by atoms with Crippen molar-refractivity contribution in [3.05, 3.63) is 29.3 Å². The first kappa shape index (κ1) is 13.0. The molecule has 0 heterocycles. The predicted molar refractivity (Wildman–Crippen MR) is 78.5 cm³/mol. The third kappa shape index (κ3) is 2.94. The van der Waals surface area contributed by atoms with E-state index in [2.05, 4.69) is 18.2 Å². The summed E-state index contributed by atoms with van der Waals surface area (Å²) in [7, 11) is 0. The first-order valence-electron chi connectivity index (χ1n) is 7.85. The highest BCUT2D eigenvalue weighted by Gasteiger charge is 2.24. The van der Waals surface area contributed by atoms with Gasteiger partial charge >= 0.3 is 0 Å². The largest absolute Gasteiger partial charge is 0.490 e. The van der Waals surface area contributed by atoms with Gasteiger partial charge in [0, 0.05) is 5.92 Å². The smallest absolute Gasteiger partial charge is 0.120 e. The summed E-state index contributed by atoms with van der Waals surface area (Å²) < 4.78 is 6.28. The van der Waals surface area contributed by atoms with Crippen molar-refractivity contribution < 1.29 is 4.74 Å². The van der Waals surface area contributed by atoms with E-state index < -0.39 is 0 Å². The van der Waals surface area contributed by atoms with Crippen LogP contribution in [0.4, 0.5) is 0 Å². The third-order valence-electron chi connectivity index (χ3n) is 4.75. The summed E-state index contributed by atoms with van der Waals surface area (Å²) in [6, 6.07) is 6.68. The van der Waals surface area contributed by atoms with Crippen LogP contribution in [0.1, 0.15) is 49.7 Å². The SMILES string of the molecule is NCC1CCCCCC1Oc1ccc2c(c1)CCC2. The lowest BCUT2D eigenvalue weighted by Crippen LogP contribution is -2.31. The highest BCUT2D eigenvalue weighted by atomic mass is 16.5. The fraction of sp³-hybridized carbons (Fsp3) is 0.647. The molecule has 0 saturated heterocycles. The van der Waals surface area contributed by atoms with E-state index >= 15 is 0 Å². The lowest BCUT2D eigenvalue weighted by Gasteiger charge is -2.25. The van der Waals surface area contributed by atoms with Crippen molar-refractivity contribution in [3.63, 3.8) is 0 Å². The van der Waals surface area contributed by atoms with Gasteiger partial charge in [-0.05, 0) is 68.3 Å². The maximum Gasteiger partial charge on any atom is 0.120 e. The van der Waals surface area contributed by atoms with Gasteiger partial charge in [-0.1, -0.05) is 18.9 Å². The molecule has 2 nitrogen and oxygen atoms in total. The zero-order valence-corrected chi connectivity index (χ0v) is 11.7. The van der Waals surface area contributed by atoms with Crippen molar-refractivity contribution in [2.75, 3.05) is 6.54 Å². The quantitative estimate of drug-likeness (QED) is 0.844. The zero-order chi connectivity index (χ0) is 13.1. The van der Waals surface area contributed by atoms with Crippen LogP contribution in [0.5, 0.6) is 5.75 Å². The minimum Gasteiger partial charge on any atom is -0.490 e. The molecule has 104 valence electrons. The van der Waals surface area contributed by atoms with Crippen LogP contribution in [0.2, 0.25) is 0 Å². The molecule has 0 radical (unpaired) electrons. The second-order valence-electron chi connectivity index (χ2n) is 6.07. The van der Waals surface area contributed by atoms with E-state index in [1.165, 1.54) is 62.5 Å². The van der Waals surface area contributed by atoms with Crippen molar-refractivity contribution in [2.45, 2.75) is 57.5 Å². The van der Waals surface area contributed by atoms with Gasteiger partial charge in [-0.3, -0.25) is 0 Å². The molecule has 0 aromatic heterocycles. The number of nitrogens with two attached hydrogens (primary N) is 1. The molecule has 2 heteroatoms. The molecule has 0 aliphatic heterocycles. The average molecular weight is 259 g/mol. The first-order chi connectivity index (χ1) is 9.36. The van der Waals surface area contributed by atoms with Crippen molar-refractivity contribution in [1.82, 2.24) is 0 Å². The second kappa shape index (κ2) is 5.96. The summed E-state index contributed by atoms with van der Waals surface area (Å²) in [6.07, 6.45) is 10.4. The molecule has 3 rings (SSSR count). The van der Waals surface area contributed by atoms with Crippen LogP contribution in [0.3, 0.4) is 0 Å². The molecule has 0 amide bonds. The molecule has 1 saturated carbocycles. The first-order valence-corrected chi connectivity index (χ1v) is 7.85. The van der Waals surface area contributed by atoms with E-state index in [0.717, 1.165) is 12.3 Å². The maximum absolute atomic E-state index is 6.28. The van der Waals surface area contributed by atoms with Crippen LogP contribution in [0, 0.1) is 5.92 Å². The van der Waals surface area contributed by atoms with Crippen LogP contribution in [0.15, 0.2) is 18.2 Å². The molecule has 2 aliphatic rings. The van der Waals surface area contributed by atoms with Crippen LogP contribution >= 0.6 is 0 Å². The van der Waals surface area contributed by atoms with Gasteiger partial charge in [0.15, 0.2) is 0 Å². The zero-order valence-electron chi connectivity index (χ0n) is 11.7. The van der Waals surface area contributed by atoms with Gasteiger partial charge in [0.1, 0.15) is 11.9 Å². The Morgan fingerprint density at radius 1 is 1.00 bits per heavy atom. The molecule has 0 bridgehead atoms. The van der Waals surface area contributed by atoms with Gasteiger partial charge in [-0.2, -0.15) is 0 Å². The fourth-order valence-corrected chi connectivity index (χ4v) is 3.57. The van der Waals surface area contributed by atoms with E-state index in [4.69, 9.17) is 10.5 Å². The van der Waals surface area contributed by atoms with Gasteiger partial charge < -0.3 is 10.5 Å². The Labute approximate surface area is 116 Å². The highest BCUT2D eigenvalue weighted by molar-refractivity contribution is 5.38. The molecule has 19 heavy (non-hydrogen) atoms. The number of hydrogen-bond acceptors (Lipinski definition) is 2. The van der Waals surface area contributed by atoms with E-state index in [1.54, 1.807) is 0 Å². The number of aryl methyl sites for hydroxylation is 2. The van der Waals surface area contributed by atoms with E-state index in [1.807, 2.05) is 0 Å². The molecule has 1 aromatic rings. The Balaban J connectivity index is 1.72. The number of rotatable bonds is 3. The van der Waals surface area contributed by atoms with Gasteiger partial charge in [-0.15, -0.1) is 0 Å². The molecule has 2 N–H and O–H groups in total. The normalized spacial score (nSPS) is 26.8. The number of benzene rings is 1. The van der Waals surface area contributed by atoms with Crippen molar-refractivity contribution in [2.24, 2.45) is 11.7 Å². The van der Waals surface area contributed by atoms with Crippen LogP contribution in [-0.2, 0) is 12.8 Å². The van der Waals surface area contributed by atoms with Crippen LogP contribution in [-0.4, -0.2) is 12.6 Å². The Bertz CT molecular complexity index is 429. The fourth-order valence-electron chi connectivity index (χ4n) is 3.57. The number of fused-ring (bicyclic) bond motifs is 1. The maximum atomic E-state index is 6.28. The van der Waals surface area contributed by atoms with Crippen LogP contribution in [0.25, 0.3) is 0 Å². The average Bonchev–Trinajstić information content (AvgIpc) is 2.78. The number of hydrogen-bond donors (Lipinski definition) is 1. The summed E-state index contributed by atoms with van der Waals surface area (Å²) in [5.41, 5.74) is 8.94. The lowest BCUT2D eigenvalue weighted by atomic mass is 9.97. The van der Waals surface area contributed by atoms with Gasteiger partial charge in [0.2, 0.25) is 0 Å². The monoisotopic (exact) mass is 259 g/mol. The summed E-state index contributed by atoms with van der Waals surface area (Å²) in [5, 5.41) is 0. The molecule has 2 atom stereocenters. The Morgan fingerprint density at radius 2 is 1.84 bits per heavy atom. The van der Waals surface area contributed by atoms with Crippen LogP contribution < -0.4 is 10.5 Å². The summed E-state index contributed by atoms with van der Waals surface area (Å²) in [6.45, 7) is 0.760. The Hall–Kier alpha value is -1.02. The van der Waals surface area contributed by atoms with Gasteiger partial charge in [0.25, 0.3) is 0 Å².